The lowest BCUT2D eigenvalue weighted by molar-refractivity contribution is -0.161. The second-order valence-electron chi connectivity index (χ2n) is 5.16. The fourth-order valence-electron chi connectivity index (χ4n) is 2.89. The molecule has 20 heavy (non-hydrogen) atoms. The number of piperidine rings is 1. The smallest absolute Gasteiger partial charge is 0.186 e. The molecule has 0 radical (unpaired) electrons. The fourth-order valence-corrected chi connectivity index (χ4v) is 3.03. The molecule has 0 unspecified atom stereocenters. The van der Waals surface area contributed by atoms with Crippen molar-refractivity contribution in [1.29, 1.82) is 0 Å². The molecule has 0 amide bonds. The molecule has 4 N–H and O–H groups in total. The summed E-state index contributed by atoms with van der Waals surface area (Å²) in [7, 11) is 0. The lowest BCUT2D eigenvalue weighted by Crippen LogP contribution is -2.49. The number of nitrogens with zero attached hydrogens (tertiary/aromatic N) is 1. The van der Waals surface area contributed by atoms with Crippen LogP contribution in [0.3, 0.4) is 0 Å². The van der Waals surface area contributed by atoms with Gasteiger partial charge in [-0.3, -0.25) is 0 Å². The van der Waals surface area contributed by atoms with Crippen molar-refractivity contribution in [1.82, 2.24) is 0 Å². The summed E-state index contributed by atoms with van der Waals surface area (Å²) < 4.78 is 25.7. The summed E-state index contributed by atoms with van der Waals surface area (Å²) in [5.41, 5.74) is 12.2. The Balaban J connectivity index is 1.95. The third kappa shape index (κ3) is 2.17. The van der Waals surface area contributed by atoms with Crippen LogP contribution in [0.2, 0.25) is 5.02 Å². The molecule has 3 rings (SSSR count). The second-order valence-corrected chi connectivity index (χ2v) is 5.54. The summed E-state index contributed by atoms with van der Waals surface area (Å²) >= 11 is 5.88. The number of hydrogen-bond acceptors (Lipinski definition) is 5. The van der Waals surface area contributed by atoms with Gasteiger partial charge in [0.2, 0.25) is 0 Å². The minimum absolute atomic E-state index is 0.0953. The molecule has 2 heterocycles. The Morgan fingerprint density at radius 2 is 1.95 bits per heavy atom. The number of benzene rings is 1. The van der Waals surface area contributed by atoms with Crippen molar-refractivity contribution in [3.63, 3.8) is 0 Å². The molecule has 1 spiro atoms. The van der Waals surface area contributed by atoms with Crippen LogP contribution in [0.1, 0.15) is 12.8 Å². The first-order valence-corrected chi connectivity index (χ1v) is 6.96. The van der Waals surface area contributed by atoms with E-state index in [2.05, 4.69) is 0 Å². The standard InChI is InChI=1S/C13H17ClFN3O2/c14-10-8(16)6-9(17)12(11(10)15)18-3-1-2-13(7-18)19-4-5-20-13/h6H,1-5,7,16-17H2. The van der Waals surface area contributed by atoms with Crippen molar-refractivity contribution >= 4 is 28.7 Å². The number of rotatable bonds is 1. The third-order valence-electron chi connectivity index (χ3n) is 3.79. The SMILES string of the molecule is Nc1cc(N)c(N2CCCC3(C2)OCCO3)c(F)c1Cl. The van der Waals surface area contributed by atoms with Crippen LogP contribution in [0.5, 0.6) is 0 Å². The molecule has 0 aliphatic carbocycles. The van der Waals surface area contributed by atoms with E-state index < -0.39 is 11.6 Å². The predicted molar refractivity (Wildman–Crippen MR) is 76.3 cm³/mol. The van der Waals surface area contributed by atoms with Crippen LogP contribution in [-0.2, 0) is 9.47 Å². The molecule has 0 saturated carbocycles. The first-order chi connectivity index (χ1) is 9.52. The topological polar surface area (TPSA) is 73.7 Å². The highest BCUT2D eigenvalue weighted by molar-refractivity contribution is 6.33. The summed E-state index contributed by atoms with van der Waals surface area (Å²) in [6.07, 6.45) is 1.63. The van der Waals surface area contributed by atoms with Gasteiger partial charge in [0, 0.05) is 13.0 Å². The van der Waals surface area contributed by atoms with Gasteiger partial charge < -0.3 is 25.8 Å². The zero-order valence-electron chi connectivity index (χ0n) is 11.0. The molecule has 5 nitrogen and oxygen atoms in total. The van der Waals surface area contributed by atoms with Crippen LogP contribution in [0.4, 0.5) is 21.5 Å². The van der Waals surface area contributed by atoms with Gasteiger partial charge in [-0.25, -0.2) is 4.39 Å². The molecule has 1 aromatic carbocycles. The average molecular weight is 302 g/mol. The van der Waals surface area contributed by atoms with E-state index in [0.717, 1.165) is 12.8 Å². The van der Waals surface area contributed by atoms with Crippen molar-refractivity contribution in [2.45, 2.75) is 18.6 Å². The number of hydrogen-bond donors (Lipinski definition) is 2. The number of ether oxygens (including phenoxy) is 2. The van der Waals surface area contributed by atoms with Gasteiger partial charge in [0.1, 0.15) is 5.02 Å². The van der Waals surface area contributed by atoms with Gasteiger partial charge in [0.15, 0.2) is 11.6 Å². The van der Waals surface area contributed by atoms with E-state index >= 15 is 0 Å². The number of nitrogen functional groups attached to an aromatic ring is 2. The molecule has 2 saturated heterocycles. The summed E-state index contributed by atoms with van der Waals surface area (Å²) in [4.78, 5) is 1.82. The molecule has 2 fully saturated rings. The van der Waals surface area contributed by atoms with E-state index in [9.17, 15) is 4.39 Å². The summed E-state index contributed by atoms with van der Waals surface area (Å²) in [5, 5.41) is -0.0953. The molecular weight excluding hydrogens is 285 g/mol. The van der Waals surface area contributed by atoms with Gasteiger partial charge in [-0.15, -0.1) is 0 Å². The maximum atomic E-state index is 14.4. The Labute approximate surface area is 121 Å². The van der Waals surface area contributed by atoms with Crippen molar-refractivity contribution in [2.75, 3.05) is 42.7 Å². The third-order valence-corrected chi connectivity index (χ3v) is 4.17. The van der Waals surface area contributed by atoms with Crippen LogP contribution < -0.4 is 16.4 Å². The summed E-state index contributed by atoms with van der Waals surface area (Å²) in [5.74, 6) is -1.23. The number of nitrogens with two attached hydrogens (primary N) is 2. The zero-order valence-corrected chi connectivity index (χ0v) is 11.8. The lowest BCUT2D eigenvalue weighted by Gasteiger charge is -2.40. The molecule has 0 bridgehead atoms. The van der Waals surface area contributed by atoms with E-state index in [1.807, 2.05) is 4.90 Å². The molecule has 0 aromatic heterocycles. The average Bonchev–Trinajstić information content (AvgIpc) is 2.84. The Hall–Kier alpha value is -1.24. The minimum atomic E-state index is -0.648. The maximum absolute atomic E-state index is 14.4. The van der Waals surface area contributed by atoms with Crippen molar-refractivity contribution in [2.24, 2.45) is 0 Å². The minimum Gasteiger partial charge on any atom is -0.397 e. The molecule has 110 valence electrons. The molecule has 7 heteroatoms. The van der Waals surface area contributed by atoms with Crippen LogP contribution >= 0.6 is 11.6 Å². The molecular formula is C13H17ClFN3O2. The highest BCUT2D eigenvalue weighted by Crippen LogP contribution is 2.40. The largest absolute Gasteiger partial charge is 0.397 e. The zero-order chi connectivity index (χ0) is 14.3. The van der Waals surface area contributed by atoms with Gasteiger partial charge >= 0.3 is 0 Å². The summed E-state index contributed by atoms with van der Waals surface area (Å²) in [6, 6.07) is 1.48. The maximum Gasteiger partial charge on any atom is 0.186 e. The van der Waals surface area contributed by atoms with Gasteiger partial charge in [-0.05, 0) is 12.5 Å². The van der Waals surface area contributed by atoms with E-state index in [1.54, 1.807) is 0 Å². The number of anilines is 3. The first kappa shape index (κ1) is 13.7. The first-order valence-electron chi connectivity index (χ1n) is 6.58. The normalized spacial score (nSPS) is 21.6. The number of halogens is 2. The quantitative estimate of drug-likeness (QED) is 0.776. The van der Waals surface area contributed by atoms with Crippen LogP contribution in [-0.4, -0.2) is 32.1 Å². The Kier molecular flexibility index (Phi) is 3.40. The van der Waals surface area contributed by atoms with Gasteiger partial charge in [-0.1, -0.05) is 11.6 Å². The van der Waals surface area contributed by atoms with Crippen LogP contribution in [0.25, 0.3) is 0 Å². The van der Waals surface area contributed by atoms with Crippen LogP contribution in [0.15, 0.2) is 6.07 Å². The Morgan fingerprint density at radius 3 is 2.65 bits per heavy atom. The second kappa shape index (κ2) is 4.95. The van der Waals surface area contributed by atoms with Crippen molar-refractivity contribution in [3.05, 3.63) is 16.9 Å². The lowest BCUT2D eigenvalue weighted by atomic mass is 10.0. The van der Waals surface area contributed by atoms with Crippen LogP contribution in [0, 0.1) is 5.82 Å². The molecule has 2 aliphatic rings. The summed E-state index contributed by atoms with van der Waals surface area (Å²) in [6.45, 7) is 2.24. The highest BCUT2D eigenvalue weighted by atomic mass is 35.5. The van der Waals surface area contributed by atoms with E-state index in [1.165, 1.54) is 6.07 Å². The monoisotopic (exact) mass is 301 g/mol. The Bertz CT molecular complexity index is 535. The molecule has 0 atom stereocenters. The highest BCUT2D eigenvalue weighted by Gasteiger charge is 2.41. The van der Waals surface area contributed by atoms with E-state index in [4.69, 9.17) is 32.5 Å². The van der Waals surface area contributed by atoms with Gasteiger partial charge in [0.05, 0.1) is 36.8 Å². The van der Waals surface area contributed by atoms with E-state index in [-0.39, 0.29) is 22.1 Å². The van der Waals surface area contributed by atoms with Crippen molar-refractivity contribution < 1.29 is 13.9 Å². The predicted octanol–water partition coefficient (Wildman–Crippen LogP) is 1.99. The Morgan fingerprint density at radius 1 is 1.25 bits per heavy atom. The van der Waals surface area contributed by atoms with Gasteiger partial charge in [0.25, 0.3) is 0 Å². The molecule has 1 aromatic rings. The van der Waals surface area contributed by atoms with E-state index in [0.29, 0.717) is 26.3 Å². The fraction of sp³-hybridized carbons (Fsp3) is 0.538. The van der Waals surface area contributed by atoms with Crippen molar-refractivity contribution in [3.8, 4) is 0 Å². The van der Waals surface area contributed by atoms with Gasteiger partial charge in [-0.2, -0.15) is 0 Å². The molecule has 2 aliphatic heterocycles.